The molecule has 6 heteroatoms. The number of benzene rings is 1. The molecule has 0 radical (unpaired) electrons. The average molecular weight is 271 g/mol. The van der Waals surface area contributed by atoms with Crippen LogP contribution in [0.5, 0.6) is 0 Å². The zero-order chi connectivity index (χ0) is 12.6. The Bertz CT molecular complexity index is 626. The smallest absolute Gasteiger partial charge is 0.296 e. The molecule has 0 saturated carbocycles. The van der Waals surface area contributed by atoms with Gasteiger partial charge in [0.1, 0.15) is 10.8 Å². The van der Waals surface area contributed by atoms with Crippen molar-refractivity contribution in [2.45, 2.75) is 0 Å². The number of hydrogen-bond acceptors (Lipinski definition) is 2. The van der Waals surface area contributed by atoms with Gasteiger partial charge in [0.05, 0.1) is 5.69 Å². The monoisotopic (exact) mass is 270 g/mol. The Hall–Kier alpha value is -1.52. The van der Waals surface area contributed by atoms with Gasteiger partial charge in [-0.25, -0.2) is 4.79 Å². The minimum absolute atomic E-state index is 0.0924. The molecule has 0 amide bonds. The highest BCUT2D eigenvalue weighted by atomic mass is 35.5. The summed E-state index contributed by atoms with van der Waals surface area (Å²) in [5.41, 5.74) is 0.333. The van der Waals surface area contributed by atoms with E-state index in [1.165, 1.54) is 16.2 Å². The maximum atomic E-state index is 11.9. The highest BCUT2D eigenvalue weighted by Crippen LogP contribution is 2.19. The fourth-order valence-corrected chi connectivity index (χ4v) is 2.00. The molecule has 0 N–H and O–H groups in total. The van der Waals surface area contributed by atoms with Crippen LogP contribution in [0.2, 0.25) is 10.2 Å². The first-order valence-electron chi connectivity index (χ1n) is 4.74. The molecular weight excluding hydrogens is 263 g/mol. The lowest BCUT2D eigenvalue weighted by Gasteiger charge is -2.02. The van der Waals surface area contributed by atoms with Crippen LogP contribution in [-0.2, 0) is 7.05 Å². The molecule has 0 aliphatic rings. The van der Waals surface area contributed by atoms with Crippen LogP contribution in [0.15, 0.2) is 29.1 Å². The summed E-state index contributed by atoms with van der Waals surface area (Å²) in [5.74, 6) is 0. The summed E-state index contributed by atoms with van der Waals surface area (Å²) in [6, 6.07) is 6.61. The lowest BCUT2D eigenvalue weighted by Crippen LogP contribution is -2.21. The zero-order valence-electron chi connectivity index (χ0n) is 8.85. The Morgan fingerprint density at radius 2 is 1.76 bits per heavy atom. The van der Waals surface area contributed by atoms with Crippen molar-refractivity contribution in [3.8, 4) is 5.69 Å². The molecule has 1 aromatic carbocycles. The van der Waals surface area contributed by atoms with Crippen molar-refractivity contribution < 1.29 is 4.79 Å². The molecule has 17 heavy (non-hydrogen) atoms. The van der Waals surface area contributed by atoms with Crippen molar-refractivity contribution in [2.24, 2.45) is 7.05 Å². The van der Waals surface area contributed by atoms with Gasteiger partial charge in [0.25, 0.3) is 0 Å². The van der Waals surface area contributed by atoms with Crippen LogP contribution >= 0.6 is 23.2 Å². The third-order valence-electron chi connectivity index (χ3n) is 2.44. The standard InChI is InChI=1S/C11H8Cl2N2O2/c1-14-9(6-16)10(13)15(11(14)17)8-4-2-7(12)3-5-8/h2-6H,1H3. The molecule has 0 bridgehead atoms. The predicted molar refractivity (Wildman–Crippen MR) is 66.4 cm³/mol. The molecule has 0 unspecified atom stereocenters. The van der Waals surface area contributed by atoms with Gasteiger partial charge in [0.2, 0.25) is 0 Å². The molecule has 2 aromatic rings. The van der Waals surface area contributed by atoms with Crippen LogP contribution in [0, 0.1) is 0 Å². The Morgan fingerprint density at radius 1 is 1.18 bits per heavy atom. The second-order valence-electron chi connectivity index (χ2n) is 3.45. The summed E-state index contributed by atoms with van der Waals surface area (Å²) >= 11 is 11.7. The maximum Gasteiger partial charge on any atom is 0.334 e. The second kappa shape index (κ2) is 4.39. The molecule has 0 aliphatic carbocycles. The van der Waals surface area contributed by atoms with Crippen LogP contribution < -0.4 is 5.69 Å². The highest BCUT2D eigenvalue weighted by Gasteiger charge is 2.16. The number of aromatic nitrogens is 2. The molecule has 0 fully saturated rings. The molecule has 1 heterocycles. The van der Waals surface area contributed by atoms with E-state index in [0.29, 0.717) is 17.0 Å². The molecule has 4 nitrogen and oxygen atoms in total. The first kappa shape index (κ1) is 12.0. The SMILES string of the molecule is Cn1c(C=O)c(Cl)n(-c2ccc(Cl)cc2)c1=O. The second-order valence-corrected chi connectivity index (χ2v) is 4.24. The Kier molecular flexibility index (Phi) is 3.09. The van der Waals surface area contributed by atoms with Gasteiger partial charge in [0.15, 0.2) is 6.29 Å². The van der Waals surface area contributed by atoms with Crippen molar-refractivity contribution in [3.05, 3.63) is 50.6 Å². The summed E-state index contributed by atoms with van der Waals surface area (Å²) in [7, 11) is 1.49. The third-order valence-corrected chi connectivity index (χ3v) is 3.06. The van der Waals surface area contributed by atoms with Gasteiger partial charge in [-0.15, -0.1) is 0 Å². The quantitative estimate of drug-likeness (QED) is 0.786. The molecule has 88 valence electrons. The number of carbonyl (C=O) groups is 1. The molecule has 0 aliphatic heterocycles. The summed E-state index contributed by atoms with van der Waals surface area (Å²) in [4.78, 5) is 22.7. The van der Waals surface area contributed by atoms with Crippen molar-refractivity contribution in [3.63, 3.8) is 0 Å². The van der Waals surface area contributed by atoms with E-state index in [9.17, 15) is 9.59 Å². The number of rotatable bonds is 2. The number of nitrogens with zero attached hydrogens (tertiary/aromatic N) is 2. The lowest BCUT2D eigenvalue weighted by atomic mass is 10.3. The fraction of sp³-hybridized carbons (Fsp3) is 0.0909. The molecular formula is C11H8Cl2N2O2. The van der Waals surface area contributed by atoms with Crippen molar-refractivity contribution in [1.29, 1.82) is 0 Å². The summed E-state index contributed by atoms with van der Waals surface area (Å²) in [6.07, 6.45) is 0.552. The Morgan fingerprint density at radius 3 is 2.24 bits per heavy atom. The van der Waals surface area contributed by atoms with E-state index in [-0.39, 0.29) is 16.5 Å². The lowest BCUT2D eigenvalue weighted by molar-refractivity contribution is 0.111. The summed E-state index contributed by atoms with van der Waals surface area (Å²) in [5, 5.41) is 0.652. The topological polar surface area (TPSA) is 44.0 Å². The van der Waals surface area contributed by atoms with Crippen molar-refractivity contribution >= 4 is 29.5 Å². The number of aldehydes is 1. The van der Waals surface area contributed by atoms with Crippen molar-refractivity contribution in [2.75, 3.05) is 0 Å². The number of carbonyl (C=O) groups excluding carboxylic acids is 1. The van der Waals surface area contributed by atoms with Crippen LogP contribution in [0.4, 0.5) is 0 Å². The minimum Gasteiger partial charge on any atom is -0.296 e. The minimum atomic E-state index is -0.376. The van der Waals surface area contributed by atoms with E-state index in [0.717, 1.165) is 0 Å². The molecule has 2 rings (SSSR count). The first-order chi connectivity index (χ1) is 8.06. The van der Waals surface area contributed by atoms with E-state index >= 15 is 0 Å². The van der Waals surface area contributed by atoms with E-state index < -0.39 is 0 Å². The molecule has 0 atom stereocenters. The third kappa shape index (κ3) is 1.90. The first-order valence-corrected chi connectivity index (χ1v) is 5.50. The zero-order valence-corrected chi connectivity index (χ0v) is 10.4. The maximum absolute atomic E-state index is 11.9. The number of halogens is 2. The number of hydrogen-bond donors (Lipinski definition) is 0. The van der Waals surface area contributed by atoms with Gasteiger partial charge >= 0.3 is 5.69 Å². The fourth-order valence-electron chi connectivity index (χ4n) is 1.53. The predicted octanol–water partition coefficient (Wildman–Crippen LogP) is 2.30. The number of imidazole rings is 1. The van der Waals surface area contributed by atoms with E-state index in [2.05, 4.69) is 0 Å². The van der Waals surface area contributed by atoms with E-state index in [1.54, 1.807) is 24.3 Å². The molecule has 0 spiro atoms. The molecule has 0 saturated heterocycles. The van der Waals surface area contributed by atoms with E-state index in [1.807, 2.05) is 0 Å². The van der Waals surface area contributed by atoms with Gasteiger partial charge in [-0.2, -0.15) is 0 Å². The van der Waals surface area contributed by atoms with Gasteiger partial charge in [-0.1, -0.05) is 23.2 Å². The van der Waals surface area contributed by atoms with Gasteiger partial charge in [-0.3, -0.25) is 13.9 Å². The summed E-state index contributed by atoms with van der Waals surface area (Å²) in [6.45, 7) is 0. The van der Waals surface area contributed by atoms with E-state index in [4.69, 9.17) is 23.2 Å². The normalized spacial score (nSPS) is 10.5. The summed E-state index contributed by atoms with van der Waals surface area (Å²) < 4.78 is 2.45. The Labute approximate surface area is 107 Å². The highest BCUT2D eigenvalue weighted by molar-refractivity contribution is 6.32. The van der Waals surface area contributed by atoms with Gasteiger partial charge in [0, 0.05) is 12.1 Å². The Balaban J connectivity index is 2.72. The van der Waals surface area contributed by atoms with Crippen LogP contribution in [0.3, 0.4) is 0 Å². The van der Waals surface area contributed by atoms with Crippen LogP contribution in [-0.4, -0.2) is 15.4 Å². The van der Waals surface area contributed by atoms with Crippen LogP contribution in [0.1, 0.15) is 10.5 Å². The van der Waals surface area contributed by atoms with Gasteiger partial charge in [-0.05, 0) is 24.3 Å². The average Bonchev–Trinajstić information content (AvgIpc) is 2.52. The largest absolute Gasteiger partial charge is 0.334 e. The van der Waals surface area contributed by atoms with Crippen molar-refractivity contribution in [1.82, 2.24) is 9.13 Å². The van der Waals surface area contributed by atoms with Crippen LogP contribution in [0.25, 0.3) is 5.69 Å². The van der Waals surface area contributed by atoms with Gasteiger partial charge < -0.3 is 0 Å². The molecule has 1 aromatic heterocycles.